The van der Waals surface area contributed by atoms with E-state index in [0.29, 0.717) is 0 Å². The van der Waals surface area contributed by atoms with Crippen molar-refractivity contribution in [2.45, 2.75) is 18.7 Å². The first kappa shape index (κ1) is 17.4. The molecule has 0 bridgehead atoms. The molecule has 23 heavy (non-hydrogen) atoms. The Morgan fingerprint density at radius 1 is 1.17 bits per heavy atom. The number of aliphatic hydroxyl groups excluding tert-OH is 1. The number of aliphatic hydroxyl groups is 1. The van der Waals surface area contributed by atoms with Crippen LogP contribution in [-0.2, 0) is 5.75 Å². The Hall–Kier alpha value is -1.98. The molecule has 0 aromatic heterocycles. The molecular formula is C18H22N2O2S. The number of rotatable bonds is 7. The van der Waals surface area contributed by atoms with E-state index in [4.69, 9.17) is 0 Å². The molecule has 0 aliphatic heterocycles. The van der Waals surface area contributed by atoms with E-state index in [1.165, 1.54) is 5.56 Å². The van der Waals surface area contributed by atoms with Gasteiger partial charge < -0.3 is 15.7 Å². The molecule has 0 radical (unpaired) electrons. The van der Waals surface area contributed by atoms with Crippen LogP contribution >= 0.6 is 11.8 Å². The van der Waals surface area contributed by atoms with Gasteiger partial charge in [0.25, 0.3) is 0 Å². The van der Waals surface area contributed by atoms with Crippen LogP contribution in [0.25, 0.3) is 0 Å². The fourth-order valence-corrected chi connectivity index (χ4v) is 2.82. The molecule has 2 aromatic rings. The molecule has 0 aliphatic carbocycles. The van der Waals surface area contributed by atoms with Crippen molar-refractivity contribution in [2.24, 2.45) is 0 Å². The molecule has 0 saturated carbocycles. The van der Waals surface area contributed by atoms with Crippen molar-refractivity contribution < 1.29 is 9.90 Å². The van der Waals surface area contributed by atoms with E-state index in [9.17, 15) is 9.90 Å². The molecule has 5 heteroatoms. The Morgan fingerprint density at radius 3 is 2.65 bits per heavy atom. The molecule has 122 valence electrons. The van der Waals surface area contributed by atoms with Gasteiger partial charge in [-0.1, -0.05) is 49.4 Å². The zero-order valence-corrected chi connectivity index (χ0v) is 14.0. The average Bonchev–Trinajstić information content (AvgIpc) is 2.59. The summed E-state index contributed by atoms with van der Waals surface area (Å²) in [6.45, 7) is 1.98. The van der Waals surface area contributed by atoms with Crippen LogP contribution < -0.4 is 10.6 Å². The average molecular weight is 330 g/mol. The second kappa shape index (κ2) is 9.22. The molecule has 1 atom stereocenters. The summed E-state index contributed by atoms with van der Waals surface area (Å²) in [4.78, 5) is 12.1. The molecule has 2 rings (SSSR count). The Labute approximate surface area is 141 Å². The smallest absolute Gasteiger partial charge is 0.319 e. The van der Waals surface area contributed by atoms with Crippen LogP contribution in [0.3, 0.4) is 0 Å². The summed E-state index contributed by atoms with van der Waals surface area (Å²) in [6.07, 6.45) is 0. The quantitative estimate of drug-likeness (QED) is 0.724. The summed E-state index contributed by atoms with van der Waals surface area (Å²) >= 11 is 1.84. The lowest BCUT2D eigenvalue weighted by Crippen LogP contribution is -2.34. The predicted molar refractivity (Wildman–Crippen MR) is 96.7 cm³/mol. The maximum Gasteiger partial charge on any atom is 0.319 e. The molecular weight excluding hydrogens is 308 g/mol. The first-order valence-electron chi connectivity index (χ1n) is 7.63. The minimum absolute atomic E-state index is 0.148. The normalized spacial score (nSPS) is 11.7. The number of urea groups is 1. The van der Waals surface area contributed by atoms with E-state index >= 15 is 0 Å². The SMILES string of the molecule is CCSCc1cccc(NC(=O)NC(CO)c2ccccc2)c1. The molecule has 0 aliphatic rings. The lowest BCUT2D eigenvalue weighted by atomic mass is 10.1. The number of carbonyl (C=O) groups excluding carboxylic acids is 1. The largest absolute Gasteiger partial charge is 0.394 e. The van der Waals surface area contributed by atoms with Crippen molar-refractivity contribution >= 4 is 23.5 Å². The Bertz CT molecular complexity index is 619. The van der Waals surface area contributed by atoms with Gasteiger partial charge in [-0.2, -0.15) is 11.8 Å². The number of carbonyl (C=O) groups is 1. The van der Waals surface area contributed by atoms with Gasteiger partial charge in [0.2, 0.25) is 0 Å². The summed E-state index contributed by atoms with van der Waals surface area (Å²) in [5, 5.41) is 15.1. The third-order valence-corrected chi connectivity index (χ3v) is 4.29. The molecule has 0 saturated heterocycles. The topological polar surface area (TPSA) is 61.4 Å². The second-order valence-corrected chi connectivity index (χ2v) is 6.36. The van der Waals surface area contributed by atoms with E-state index in [2.05, 4.69) is 17.6 Å². The van der Waals surface area contributed by atoms with Gasteiger partial charge in [-0.05, 0) is 29.0 Å². The molecule has 0 spiro atoms. The maximum absolute atomic E-state index is 12.1. The molecule has 2 amide bonds. The molecule has 0 fully saturated rings. The van der Waals surface area contributed by atoms with Crippen LogP contribution in [0.4, 0.5) is 10.5 Å². The van der Waals surface area contributed by atoms with E-state index in [1.807, 2.05) is 66.4 Å². The monoisotopic (exact) mass is 330 g/mol. The van der Waals surface area contributed by atoms with Crippen molar-refractivity contribution in [3.05, 3.63) is 65.7 Å². The number of anilines is 1. The summed E-state index contributed by atoms with van der Waals surface area (Å²) in [6, 6.07) is 16.5. The number of amides is 2. The lowest BCUT2D eigenvalue weighted by Gasteiger charge is -2.17. The van der Waals surface area contributed by atoms with Crippen LogP contribution in [0.1, 0.15) is 24.1 Å². The van der Waals surface area contributed by atoms with Crippen LogP contribution in [0.2, 0.25) is 0 Å². The Morgan fingerprint density at radius 2 is 1.96 bits per heavy atom. The van der Waals surface area contributed by atoms with Gasteiger partial charge in [-0.15, -0.1) is 0 Å². The highest BCUT2D eigenvalue weighted by Gasteiger charge is 2.13. The zero-order chi connectivity index (χ0) is 16.5. The maximum atomic E-state index is 12.1. The highest BCUT2D eigenvalue weighted by molar-refractivity contribution is 7.98. The van der Waals surface area contributed by atoms with Crippen molar-refractivity contribution in [1.29, 1.82) is 0 Å². The first-order valence-corrected chi connectivity index (χ1v) is 8.78. The summed E-state index contributed by atoms with van der Waals surface area (Å²) in [5.74, 6) is 1.99. The molecule has 1 unspecified atom stereocenters. The van der Waals surface area contributed by atoms with Crippen LogP contribution in [0.15, 0.2) is 54.6 Å². The van der Waals surface area contributed by atoms with Crippen molar-refractivity contribution in [1.82, 2.24) is 5.32 Å². The van der Waals surface area contributed by atoms with Gasteiger partial charge in [0.05, 0.1) is 12.6 Å². The van der Waals surface area contributed by atoms with Gasteiger partial charge in [0, 0.05) is 11.4 Å². The van der Waals surface area contributed by atoms with Gasteiger partial charge >= 0.3 is 6.03 Å². The van der Waals surface area contributed by atoms with Crippen LogP contribution in [0, 0.1) is 0 Å². The molecule has 3 N–H and O–H groups in total. The van der Waals surface area contributed by atoms with E-state index in [1.54, 1.807) is 0 Å². The summed E-state index contributed by atoms with van der Waals surface area (Å²) < 4.78 is 0. The van der Waals surface area contributed by atoms with Crippen molar-refractivity contribution in [2.75, 3.05) is 17.7 Å². The fourth-order valence-electron chi connectivity index (χ4n) is 2.20. The fraction of sp³-hybridized carbons (Fsp3) is 0.278. The highest BCUT2D eigenvalue weighted by atomic mass is 32.2. The van der Waals surface area contributed by atoms with E-state index in [-0.39, 0.29) is 12.6 Å². The third-order valence-electron chi connectivity index (χ3n) is 3.35. The van der Waals surface area contributed by atoms with Gasteiger partial charge in [0.15, 0.2) is 0 Å². The predicted octanol–water partition coefficient (Wildman–Crippen LogP) is 3.79. The number of nitrogens with one attached hydrogen (secondary N) is 2. The minimum Gasteiger partial charge on any atom is -0.394 e. The molecule has 2 aromatic carbocycles. The zero-order valence-electron chi connectivity index (χ0n) is 13.2. The third kappa shape index (κ3) is 5.62. The standard InChI is InChI=1S/C18H22N2O2S/c1-2-23-13-14-7-6-10-16(11-14)19-18(22)20-17(12-21)15-8-4-3-5-9-15/h3-11,17,21H,2,12-13H2,1H3,(H2,19,20,22). The van der Waals surface area contributed by atoms with Gasteiger partial charge in [-0.25, -0.2) is 4.79 Å². The number of thioether (sulfide) groups is 1. The van der Waals surface area contributed by atoms with Crippen LogP contribution in [-0.4, -0.2) is 23.5 Å². The number of hydrogen-bond donors (Lipinski definition) is 3. The summed E-state index contributed by atoms with van der Waals surface area (Å²) in [7, 11) is 0. The first-order chi connectivity index (χ1) is 11.2. The van der Waals surface area contributed by atoms with E-state index in [0.717, 1.165) is 22.8 Å². The lowest BCUT2D eigenvalue weighted by molar-refractivity contribution is 0.225. The van der Waals surface area contributed by atoms with E-state index < -0.39 is 6.04 Å². The highest BCUT2D eigenvalue weighted by Crippen LogP contribution is 2.17. The van der Waals surface area contributed by atoms with Crippen molar-refractivity contribution in [3.63, 3.8) is 0 Å². The Balaban J connectivity index is 1.96. The van der Waals surface area contributed by atoms with Crippen molar-refractivity contribution in [3.8, 4) is 0 Å². The molecule has 4 nitrogen and oxygen atoms in total. The summed E-state index contributed by atoms with van der Waals surface area (Å²) in [5.41, 5.74) is 2.80. The van der Waals surface area contributed by atoms with Gasteiger partial charge in [0.1, 0.15) is 0 Å². The second-order valence-electron chi connectivity index (χ2n) is 5.08. The number of benzene rings is 2. The Kier molecular flexibility index (Phi) is 6.97. The molecule has 0 heterocycles. The van der Waals surface area contributed by atoms with Gasteiger partial charge in [-0.3, -0.25) is 0 Å². The van der Waals surface area contributed by atoms with Crippen LogP contribution in [0.5, 0.6) is 0 Å². The number of hydrogen-bond acceptors (Lipinski definition) is 3. The minimum atomic E-state index is -0.421.